The van der Waals surface area contributed by atoms with Crippen molar-refractivity contribution in [2.24, 2.45) is 0 Å². The van der Waals surface area contributed by atoms with Gasteiger partial charge in [-0.2, -0.15) is 0 Å². The number of nitrogen functional groups attached to an aromatic ring is 1. The molecule has 2 rings (SSSR count). The molecule has 1 aromatic carbocycles. The average molecular weight is 310 g/mol. The molecule has 1 aromatic heterocycles. The van der Waals surface area contributed by atoms with Crippen LogP contribution in [0.15, 0.2) is 30.5 Å². The average Bonchev–Trinajstić information content (AvgIpc) is 2.45. The number of esters is 1. The van der Waals surface area contributed by atoms with Crippen LogP contribution >= 0.6 is 11.6 Å². The number of anilines is 3. The van der Waals surface area contributed by atoms with E-state index in [1.165, 1.54) is 30.5 Å². The second-order valence-electron chi connectivity index (χ2n) is 4.09. The zero-order chi connectivity index (χ0) is 15.4. The zero-order valence-electron chi connectivity index (χ0n) is 11.2. The molecule has 3 N–H and O–H groups in total. The maximum absolute atomic E-state index is 13.7. The molecular formula is C14H13ClFN3O2. The molecule has 0 aliphatic carbocycles. The highest BCUT2D eigenvalue weighted by molar-refractivity contribution is 6.30. The summed E-state index contributed by atoms with van der Waals surface area (Å²) in [6.07, 6.45) is 1.38. The van der Waals surface area contributed by atoms with Crippen molar-refractivity contribution in [3.05, 3.63) is 46.9 Å². The van der Waals surface area contributed by atoms with Gasteiger partial charge in [0.2, 0.25) is 0 Å². The van der Waals surface area contributed by atoms with E-state index in [-0.39, 0.29) is 29.4 Å². The van der Waals surface area contributed by atoms with Gasteiger partial charge < -0.3 is 15.8 Å². The molecule has 21 heavy (non-hydrogen) atoms. The summed E-state index contributed by atoms with van der Waals surface area (Å²) < 4.78 is 18.6. The molecule has 0 amide bonds. The first-order chi connectivity index (χ1) is 10.0. The van der Waals surface area contributed by atoms with Gasteiger partial charge in [0.05, 0.1) is 23.5 Å². The van der Waals surface area contributed by atoms with Crippen LogP contribution in [0.2, 0.25) is 5.02 Å². The number of carbonyl (C=O) groups is 1. The summed E-state index contributed by atoms with van der Waals surface area (Å²) in [6, 6.07) is 5.48. The molecule has 110 valence electrons. The van der Waals surface area contributed by atoms with Crippen LogP contribution in [-0.2, 0) is 4.74 Å². The Bertz CT molecular complexity index is 679. The first-order valence-corrected chi connectivity index (χ1v) is 6.54. The minimum Gasteiger partial charge on any atom is -0.462 e. The van der Waals surface area contributed by atoms with Crippen LogP contribution in [0.1, 0.15) is 17.3 Å². The maximum atomic E-state index is 13.7. The van der Waals surface area contributed by atoms with E-state index >= 15 is 0 Å². The maximum Gasteiger partial charge on any atom is 0.340 e. The summed E-state index contributed by atoms with van der Waals surface area (Å²) in [5, 5.41) is 3.08. The Kier molecular flexibility index (Phi) is 4.59. The molecular weight excluding hydrogens is 297 g/mol. The van der Waals surface area contributed by atoms with Crippen LogP contribution in [0.4, 0.5) is 21.6 Å². The number of nitrogens with one attached hydrogen (secondary N) is 1. The molecule has 5 nitrogen and oxygen atoms in total. The van der Waals surface area contributed by atoms with E-state index in [1.807, 2.05) is 0 Å². The molecule has 0 radical (unpaired) electrons. The molecule has 7 heteroatoms. The largest absolute Gasteiger partial charge is 0.462 e. The first-order valence-electron chi connectivity index (χ1n) is 6.16. The minimum absolute atomic E-state index is 0.0790. The van der Waals surface area contributed by atoms with E-state index in [9.17, 15) is 9.18 Å². The third-order valence-corrected chi connectivity index (χ3v) is 2.90. The number of carbonyl (C=O) groups excluding carboxylic acids is 1. The van der Waals surface area contributed by atoms with Crippen molar-refractivity contribution in [1.82, 2.24) is 4.98 Å². The van der Waals surface area contributed by atoms with E-state index in [4.69, 9.17) is 22.1 Å². The predicted octanol–water partition coefficient (Wildman–Crippen LogP) is 3.38. The van der Waals surface area contributed by atoms with E-state index in [1.54, 1.807) is 6.92 Å². The van der Waals surface area contributed by atoms with Crippen LogP contribution in [0, 0.1) is 5.82 Å². The van der Waals surface area contributed by atoms with Crippen LogP contribution < -0.4 is 11.1 Å². The molecule has 0 fully saturated rings. The Morgan fingerprint density at radius 1 is 1.48 bits per heavy atom. The number of hydrogen-bond acceptors (Lipinski definition) is 5. The molecule has 0 saturated carbocycles. The second kappa shape index (κ2) is 6.41. The first kappa shape index (κ1) is 15.1. The predicted molar refractivity (Wildman–Crippen MR) is 79.3 cm³/mol. The highest BCUT2D eigenvalue weighted by Crippen LogP contribution is 2.27. The van der Waals surface area contributed by atoms with E-state index in [0.29, 0.717) is 5.02 Å². The summed E-state index contributed by atoms with van der Waals surface area (Å²) in [6.45, 7) is 1.92. The standard InChI is InChI=1S/C14H13ClFN3O2/c1-2-21-14(20)9-5-6-18-13(12(9)17)19-11-7-8(15)3-4-10(11)16/h3-7H,2,17H2,1H3,(H,18,19). The fraction of sp³-hybridized carbons (Fsp3) is 0.143. The SMILES string of the molecule is CCOC(=O)c1ccnc(Nc2cc(Cl)ccc2F)c1N. The van der Waals surface area contributed by atoms with Crippen molar-refractivity contribution in [3.63, 3.8) is 0 Å². The molecule has 0 unspecified atom stereocenters. The van der Waals surface area contributed by atoms with Crippen molar-refractivity contribution in [2.75, 3.05) is 17.7 Å². The quantitative estimate of drug-likeness (QED) is 0.847. The van der Waals surface area contributed by atoms with Gasteiger partial charge in [-0.3, -0.25) is 0 Å². The minimum atomic E-state index is -0.563. The highest BCUT2D eigenvalue weighted by atomic mass is 35.5. The monoisotopic (exact) mass is 309 g/mol. The van der Waals surface area contributed by atoms with Crippen molar-refractivity contribution >= 4 is 34.8 Å². The Hall–Kier alpha value is -2.34. The molecule has 2 aromatic rings. The van der Waals surface area contributed by atoms with Crippen LogP contribution in [0.3, 0.4) is 0 Å². The summed E-state index contributed by atoms with van der Waals surface area (Å²) >= 11 is 5.81. The Morgan fingerprint density at radius 2 is 2.24 bits per heavy atom. The van der Waals surface area contributed by atoms with Gasteiger partial charge in [-0.15, -0.1) is 0 Å². The van der Waals surface area contributed by atoms with Crippen LogP contribution in [0.25, 0.3) is 0 Å². The van der Waals surface area contributed by atoms with E-state index in [0.717, 1.165) is 0 Å². The number of nitrogens with zero attached hydrogens (tertiary/aromatic N) is 1. The smallest absolute Gasteiger partial charge is 0.340 e. The Balaban J connectivity index is 2.35. The van der Waals surface area contributed by atoms with Gasteiger partial charge in [0, 0.05) is 11.2 Å². The number of rotatable bonds is 4. The Morgan fingerprint density at radius 3 is 2.95 bits per heavy atom. The van der Waals surface area contributed by atoms with Gasteiger partial charge in [-0.1, -0.05) is 11.6 Å². The topological polar surface area (TPSA) is 77.2 Å². The lowest BCUT2D eigenvalue weighted by atomic mass is 10.2. The number of benzene rings is 1. The zero-order valence-corrected chi connectivity index (χ0v) is 11.9. The molecule has 0 saturated heterocycles. The highest BCUT2D eigenvalue weighted by Gasteiger charge is 2.15. The molecule has 0 aliphatic heterocycles. The number of ether oxygens (including phenoxy) is 1. The number of nitrogens with two attached hydrogens (primary N) is 1. The summed E-state index contributed by atoms with van der Waals surface area (Å²) in [5.74, 6) is -0.920. The number of pyridine rings is 1. The normalized spacial score (nSPS) is 10.2. The molecule has 1 heterocycles. The summed E-state index contributed by atoms with van der Waals surface area (Å²) in [5.41, 5.74) is 6.23. The van der Waals surface area contributed by atoms with Crippen molar-refractivity contribution in [1.29, 1.82) is 0 Å². The van der Waals surface area contributed by atoms with E-state index in [2.05, 4.69) is 10.3 Å². The molecule has 0 bridgehead atoms. The van der Waals surface area contributed by atoms with Gasteiger partial charge in [-0.25, -0.2) is 14.2 Å². The van der Waals surface area contributed by atoms with Gasteiger partial charge in [-0.05, 0) is 31.2 Å². The lowest BCUT2D eigenvalue weighted by Crippen LogP contribution is -2.10. The van der Waals surface area contributed by atoms with Gasteiger partial charge in [0.25, 0.3) is 0 Å². The van der Waals surface area contributed by atoms with Crippen molar-refractivity contribution < 1.29 is 13.9 Å². The molecule has 0 aliphatic rings. The number of halogens is 2. The van der Waals surface area contributed by atoms with Crippen LogP contribution in [-0.4, -0.2) is 17.6 Å². The lowest BCUT2D eigenvalue weighted by molar-refractivity contribution is 0.0527. The van der Waals surface area contributed by atoms with Gasteiger partial charge >= 0.3 is 5.97 Å². The Labute approximate surface area is 125 Å². The number of hydrogen-bond donors (Lipinski definition) is 2. The van der Waals surface area contributed by atoms with Crippen molar-refractivity contribution in [3.8, 4) is 0 Å². The lowest BCUT2D eigenvalue weighted by Gasteiger charge is -2.12. The molecule has 0 spiro atoms. The molecule has 0 atom stereocenters. The third-order valence-electron chi connectivity index (χ3n) is 2.67. The fourth-order valence-electron chi connectivity index (χ4n) is 1.68. The summed E-state index contributed by atoms with van der Waals surface area (Å²) in [4.78, 5) is 15.7. The summed E-state index contributed by atoms with van der Waals surface area (Å²) in [7, 11) is 0. The van der Waals surface area contributed by atoms with Crippen LogP contribution in [0.5, 0.6) is 0 Å². The third kappa shape index (κ3) is 3.41. The van der Waals surface area contributed by atoms with E-state index < -0.39 is 11.8 Å². The van der Waals surface area contributed by atoms with Gasteiger partial charge in [0.1, 0.15) is 5.82 Å². The fourth-order valence-corrected chi connectivity index (χ4v) is 1.85. The van der Waals surface area contributed by atoms with Gasteiger partial charge in [0.15, 0.2) is 5.82 Å². The van der Waals surface area contributed by atoms with Crippen molar-refractivity contribution in [2.45, 2.75) is 6.92 Å². The second-order valence-corrected chi connectivity index (χ2v) is 4.53. The number of aromatic nitrogens is 1.